The summed E-state index contributed by atoms with van der Waals surface area (Å²) in [6.45, 7) is 9.50. The van der Waals surface area contributed by atoms with Crippen molar-refractivity contribution in [1.29, 1.82) is 5.26 Å². The summed E-state index contributed by atoms with van der Waals surface area (Å²) in [5.74, 6) is 6.36. The number of hydrazone groups is 1. The number of nitrogens with zero attached hydrogens (tertiary/aromatic N) is 3. The van der Waals surface area contributed by atoms with Crippen LogP contribution < -0.4 is 10.6 Å². The van der Waals surface area contributed by atoms with Crippen LogP contribution in [-0.2, 0) is 17.6 Å². The first kappa shape index (κ1) is 24.9. The van der Waals surface area contributed by atoms with E-state index >= 15 is 0 Å². The molecule has 8 heteroatoms. The Morgan fingerprint density at radius 2 is 1.94 bits per heavy atom. The first-order chi connectivity index (χ1) is 15.9. The van der Waals surface area contributed by atoms with E-state index in [1.54, 1.807) is 12.1 Å². The van der Waals surface area contributed by atoms with Gasteiger partial charge in [0.15, 0.2) is 0 Å². The van der Waals surface area contributed by atoms with E-state index in [0.29, 0.717) is 28.2 Å². The predicted molar refractivity (Wildman–Crippen MR) is 138 cm³/mol. The summed E-state index contributed by atoms with van der Waals surface area (Å²) in [5.41, 5.74) is 4.64. The molecule has 3 rings (SSSR count). The first-order valence-electron chi connectivity index (χ1n) is 10.7. The van der Waals surface area contributed by atoms with E-state index in [2.05, 4.69) is 45.8 Å². The zero-order valence-corrected chi connectivity index (χ0v) is 21.2. The number of amides is 1. The number of fused-ring (bicyclic) bond motifs is 1. The molecule has 0 spiro atoms. The summed E-state index contributed by atoms with van der Waals surface area (Å²) >= 11 is 4.63. The van der Waals surface area contributed by atoms with Crippen molar-refractivity contribution in [1.82, 2.24) is 4.90 Å². The molecular weight excluding hydrogens is 500 g/mol. The van der Waals surface area contributed by atoms with Gasteiger partial charge in [-0.05, 0) is 61.6 Å². The number of hydrogen-bond acceptors (Lipinski definition) is 6. The minimum atomic E-state index is -0.0300. The van der Waals surface area contributed by atoms with Crippen LogP contribution in [0.2, 0.25) is 0 Å². The Kier molecular flexibility index (Phi) is 8.59. The molecule has 0 aromatic heterocycles. The molecule has 0 unspecified atom stereocenters. The number of benzene rings is 2. The first-order valence-corrected chi connectivity index (χ1v) is 12.6. The fourth-order valence-corrected chi connectivity index (χ4v) is 4.81. The average molecular weight is 527 g/mol. The van der Waals surface area contributed by atoms with Gasteiger partial charge in [-0.25, -0.2) is 0 Å². The molecule has 6 nitrogen and oxygen atoms in total. The second-order valence-electron chi connectivity index (χ2n) is 7.95. The Hall–Kier alpha value is -2.76. The number of rotatable bonds is 6. The van der Waals surface area contributed by atoms with E-state index < -0.39 is 0 Å². The minimum Gasteiger partial charge on any atom is -0.490 e. The van der Waals surface area contributed by atoms with Gasteiger partial charge < -0.3 is 15.5 Å². The van der Waals surface area contributed by atoms with Crippen molar-refractivity contribution in [3.63, 3.8) is 0 Å². The SMILES string of the molecule is C=C(S/C(=N\N)c1ccc(OC(C)C)c(C#N)c1)c1ccc2c(c1)CCN(C(=O)CBr)CC2. The summed E-state index contributed by atoms with van der Waals surface area (Å²) in [5, 5.41) is 14.4. The number of thioether (sulfide) groups is 1. The number of ether oxygens (including phenoxy) is 1. The third kappa shape index (κ3) is 6.18. The second kappa shape index (κ2) is 11.4. The van der Waals surface area contributed by atoms with Gasteiger partial charge in [0.1, 0.15) is 16.9 Å². The molecule has 0 saturated heterocycles. The number of hydrogen-bond donors (Lipinski definition) is 1. The molecule has 0 fully saturated rings. The molecule has 1 amide bonds. The third-order valence-corrected chi connectivity index (χ3v) is 6.84. The lowest BCUT2D eigenvalue weighted by molar-refractivity contribution is -0.128. The lowest BCUT2D eigenvalue weighted by Gasteiger charge is -2.18. The highest BCUT2D eigenvalue weighted by Crippen LogP contribution is 2.32. The van der Waals surface area contributed by atoms with Gasteiger partial charge in [0.05, 0.1) is 17.0 Å². The summed E-state index contributed by atoms with van der Waals surface area (Å²) in [7, 11) is 0. The fourth-order valence-electron chi connectivity index (χ4n) is 3.68. The second-order valence-corrected chi connectivity index (χ2v) is 9.59. The zero-order chi connectivity index (χ0) is 24.0. The summed E-state index contributed by atoms with van der Waals surface area (Å²) < 4.78 is 5.70. The number of nitriles is 1. The summed E-state index contributed by atoms with van der Waals surface area (Å²) in [6, 6.07) is 13.8. The van der Waals surface area contributed by atoms with Crippen molar-refractivity contribution in [2.45, 2.75) is 32.8 Å². The van der Waals surface area contributed by atoms with E-state index in [0.717, 1.165) is 35.4 Å². The van der Waals surface area contributed by atoms with Crippen molar-refractivity contribution >= 4 is 43.5 Å². The third-order valence-electron chi connectivity index (χ3n) is 5.34. The topological polar surface area (TPSA) is 91.7 Å². The van der Waals surface area contributed by atoms with Gasteiger partial charge in [-0.3, -0.25) is 4.79 Å². The maximum absolute atomic E-state index is 12.1. The molecule has 2 aromatic rings. The number of carbonyl (C=O) groups is 1. The molecule has 0 radical (unpaired) electrons. The van der Waals surface area contributed by atoms with Crippen LogP contribution in [0.5, 0.6) is 5.75 Å². The van der Waals surface area contributed by atoms with E-state index in [4.69, 9.17) is 10.6 Å². The number of alkyl halides is 1. The van der Waals surface area contributed by atoms with Gasteiger partial charge in [-0.1, -0.05) is 52.5 Å². The molecule has 1 aliphatic rings. The molecule has 2 N–H and O–H groups in total. The molecule has 0 saturated carbocycles. The quantitative estimate of drug-likeness (QED) is 0.194. The molecule has 33 heavy (non-hydrogen) atoms. The van der Waals surface area contributed by atoms with Gasteiger partial charge >= 0.3 is 0 Å². The molecule has 172 valence electrons. The highest BCUT2D eigenvalue weighted by Gasteiger charge is 2.19. The van der Waals surface area contributed by atoms with Crippen molar-refractivity contribution in [3.05, 3.63) is 70.8 Å². The average Bonchev–Trinajstić information content (AvgIpc) is 3.04. The van der Waals surface area contributed by atoms with Crippen LogP contribution in [0.4, 0.5) is 0 Å². The van der Waals surface area contributed by atoms with Gasteiger partial charge in [0, 0.05) is 23.6 Å². The minimum absolute atomic E-state index is 0.0300. The maximum Gasteiger partial charge on any atom is 0.233 e. The smallest absolute Gasteiger partial charge is 0.233 e. The van der Waals surface area contributed by atoms with Gasteiger partial charge in [-0.2, -0.15) is 10.4 Å². The predicted octanol–water partition coefficient (Wildman–Crippen LogP) is 4.69. The number of carbonyl (C=O) groups excluding carboxylic acids is 1. The molecule has 0 atom stereocenters. The van der Waals surface area contributed by atoms with E-state index in [9.17, 15) is 10.1 Å². The van der Waals surface area contributed by atoms with E-state index in [1.165, 1.54) is 22.9 Å². The monoisotopic (exact) mass is 526 g/mol. The van der Waals surface area contributed by atoms with Crippen LogP contribution in [0.25, 0.3) is 4.91 Å². The Bertz CT molecular complexity index is 1120. The Morgan fingerprint density at radius 3 is 2.58 bits per heavy atom. The molecule has 1 aliphatic heterocycles. The molecule has 2 aromatic carbocycles. The largest absolute Gasteiger partial charge is 0.490 e. The zero-order valence-electron chi connectivity index (χ0n) is 18.8. The lowest BCUT2D eigenvalue weighted by atomic mass is 10.00. The van der Waals surface area contributed by atoms with Crippen LogP contribution >= 0.6 is 27.7 Å². The van der Waals surface area contributed by atoms with E-state index in [1.807, 2.05) is 30.9 Å². The standard InChI is InChI=1S/C25H27BrN4O2S/c1-16(2)32-23-7-6-21(13-22(23)15-27)25(29-28)33-17(3)19-5-4-18-8-10-30(24(31)14-26)11-9-20(18)12-19/h4-7,12-13,16H,3,8-11,14,28H2,1-2H3/b29-25-. The maximum atomic E-state index is 12.1. The van der Waals surface area contributed by atoms with Crippen molar-refractivity contribution in [2.24, 2.45) is 10.9 Å². The number of nitrogens with two attached hydrogens (primary N) is 1. The van der Waals surface area contributed by atoms with Crippen LogP contribution in [0, 0.1) is 11.3 Å². The molecule has 0 aliphatic carbocycles. The Balaban J connectivity index is 1.77. The van der Waals surface area contributed by atoms with Crippen molar-refractivity contribution < 1.29 is 9.53 Å². The van der Waals surface area contributed by atoms with Gasteiger partial charge in [0.2, 0.25) is 5.91 Å². The fraction of sp³-hybridized carbons (Fsp3) is 0.320. The lowest BCUT2D eigenvalue weighted by Crippen LogP contribution is -2.33. The number of halogens is 1. The van der Waals surface area contributed by atoms with Crippen molar-refractivity contribution in [3.8, 4) is 11.8 Å². The van der Waals surface area contributed by atoms with Crippen LogP contribution in [0.15, 0.2) is 48.1 Å². The summed E-state index contributed by atoms with van der Waals surface area (Å²) in [6.07, 6.45) is 1.61. The summed E-state index contributed by atoms with van der Waals surface area (Å²) in [4.78, 5) is 14.8. The molecule has 0 bridgehead atoms. The van der Waals surface area contributed by atoms with Crippen molar-refractivity contribution in [2.75, 3.05) is 18.4 Å². The highest BCUT2D eigenvalue weighted by molar-refractivity contribution is 9.09. The van der Waals surface area contributed by atoms with Gasteiger partial charge in [0.25, 0.3) is 0 Å². The molecular formula is C25H27BrN4O2S. The normalized spacial score (nSPS) is 13.8. The molecule has 1 heterocycles. The Labute approximate surface area is 207 Å². The van der Waals surface area contributed by atoms with E-state index in [-0.39, 0.29) is 12.0 Å². The highest BCUT2D eigenvalue weighted by atomic mass is 79.9. The van der Waals surface area contributed by atoms with Gasteiger partial charge in [-0.15, -0.1) is 0 Å². The van der Waals surface area contributed by atoms with Crippen LogP contribution in [0.1, 0.15) is 41.7 Å². The van der Waals surface area contributed by atoms with Crippen LogP contribution in [-0.4, -0.2) is 40.4 Å². The Morgan fingerprint density at radius 1 is 1.24 bits per heavy atom. The van der Waals surface area contributed by atoms with Crippen LogP contribution in [0.3, 0.4) is 0 Å².